The van der Waals surface area contributed by atoms with Crippen molar-refractivity contribution in [3.05, 3.63) is 23.9 Å². The minimum absolute atomic E-state index is 0.0448. The van der Waals surface area contributed by atoms with Gasteiger partial charge in [-0.1, -0.05) is 20.3 Å². The Balaban J connectivity index is 1.59. The van der Waals surface area contributed by atoms with Crippen LogP contribution in [0.5, 0.6) is 5.88 Å². The highest BCUT2D eigenvalue weighted by Crippen LogP contribution is 2.72. The number of ether oxygens (including phenoxy) is 1. The molecule has 0 saturated heterocycles. The van der Waals surface area contributed by atoms with E-state index in [0.717, 1.165) is 37.9 Å². The smallest absolute Gasteiger partial charge is 0.417 e. The quantitative estimate of drug-likeness (QED) is 0.838. The number of hydrogen-bond donors (Lipinski definition) is 1. The molecule has 7 heteroatoms. The van der Waals surface area contributed by atoms with Crippen LogP contribution in [0.1, 0.15) is 45.1 Å². The standard InChI is InChI=1S/C17H23BF3NO2/c1-3-6-16(18,23)13-8-15(13)7-12(10(15)2)24-14-5-4-11(9-22-14)17(19,20)21/h4-5,9-10,12-13,23H,3,6-8,18H2,1-2H3. The van der Waals surface area contributed by atoms with Crippen molar-refractivity contribution in [1.29, 1.82) is 0 Å². The molecule has 2 saturated carbocycles. The third kappa shape index (κ3) is 2.91. The summed E-state index contributed by atoms with van der Waals surface area (Å²) in [4.78, 5) is 3.78. The van der Waals surface area contributed by atoms with E-state index in [4.69, 9.17) is 4.74 Å². The molecule has 0 radical (unpaired) electrons. The monoisotopic (exact) mass is 341 g/mol. The zero-order chi connectivity index (χ0) is 17.8. The van der Waals surface area contributed by atoms with Gasteiger partial charge in [-0.3, -0.25) is 0 Å². The molecule has 132 valence electrons. The summed E-state index contributed by atoms with van der Waals surface area (Å²) in [7, 11) is 1.91. The highest BCUT2D eigenvalue weighted by Gasteiger charge is 2.71. The summed E-state index contributed by atoms with van der Waals surface area (Å²) in [6, 6.07) is 2.27. The molecule has 5 unspecified atom stereocenters. The number of aromatic nitrogens is 1. The molecule has 1 heterocycles. The summed E-state index contributed by atoms with van der Waals surface area (Å²) in [5.41, 5.74) is -1.28. The van der Waals surface area contributed by atoms with Crippen LogP contribution in [0.4, 0.5) is 13.2 Å². The molecule has 0 aromatic carbocycles. The summed E-state index contributed by atoms with van der Waals surface area (Å²) in [5, 5.41) is 10.6. The number of nitrogens with zero attached hydrogens (tertiary/aromatic N) is 1. The van der Waals surface area contributed by atoms with Crippen LogP contribution in [0, 0.1) is 17.3 Å². The summed E-state index contributed by atoms with van der Waals surface area (Å²) in [6.45, 7) is 4.16. The number of hydrogen-bond acceptors (Lipinski definition) is 3. The molecule has 1 N–H and O–H groups in total. The average Bonchev–Trinajstić information content (AvgIpc) is 3.25. The number of halogens is 3. The molecular weight excluding hydrogens is 318 g/mol. The molecule has 0 amide bonds. The lowest BCUT2D eigenvalue weighted by Crippen LogP contribution is -2.49. The predicted octanol–water partition coefficient (Wildman–Crippen LogP) is 3.02. The number of alkyl halides is 3. The van der Waals surface area contributed by atoms with Gasteiger partial charge >= 0.3 is 6.18 Å². The fraction of sp³-hybridized carbons (Fsp3) is 0.706. The topological polar surface area (TPSA) is 42.4 Å². The van der Waals surface area contributed by atoms with Crippen molar-refractivity contribution in [3.8, 4) is 5.88 Å². The van der Waals surface area contributed by atoms with E-state index in [0.29, 0.717) is 5.92 Å². The van der Waals surface area contributed by atoms with Crippen LogP contribution in [0.25, 0.3) is 0 Å². The second-order valence-electron chi connectivity index (χ2n) is 7.63. The van der Waals surface area contributed by atoms with Gasteiger partial charge in [0.05, 0.1) is 5.56 Å². The van der Waals surface area contributed by atoms with Gasteiger partial charge in [-0.2, -0.15) is 13.2 Å². The first-order valence-corrected chi connectivity index (χ1v) is 8.52. The molecule has 2 aliphatic carbocycles. The van der Waals surface area contributed by atoms with E-state index in [-0.39, 0.29) is 23.3 Å². The fourth-order valence-electron chi connectivity index (χ4n) is 4.43. The molecule has 0 aliphatic heterocycles. The van der Waals surface area contributed by atoms with Crippen molar-refractivity contribution in [2.45, 2.75) is 57.3 Å². The van der Waals surface area contributed by atoms with Gasteiger partial charge in [0.15, 0.2) is 0 Å². The molecule has 0 bridgehead atoms. The third-order valence-electron chi connectivity index (χ3n) is 6.01. The molecule has 3 rings (SSSR count). The summed E-state index contributed by atoms with van der Waals surface area (Å²) in [6.07, 6.45) is -0.0485. The first-order valence-electron chi connectivity index (χ1n) is 8.52. The van der Waals surface area contributed by atoms with Gasteiger partial charge in [0.1, 0.15) is 14.0 Å². The summed E-state index contributed by atoms with van der Waals surface area (Å²) < 4.78 is 43.4. The van der Waals surface area contributed by atoms with Crippen LogP contribution in [-0.4, -0.2) is 29.5 Å². The van der Waals surface area contributed by atoms with Crippen molar-refractivity contribution < 1.29 is 23.0 Å². The van der Waals surface area contributed by atoms with Crippen molar-refractivity contribution in [2.75, 3.05) is 0 Å². The second-order valence-corrected chi connectivity index (χ2v) is 7.63. The molecule has 2 fully saturated rings. The van der Waals surface area contributed by atoms with Gasteiger partial charge in [0.2, 0.25) is 5.88 Å². The number of aliphatic hydroxyl groups is 1. The van der Waals surface area contributed by atoms with Crippen LogP contribution < -0.4 is 4.74 Å². The Morgan fingerprint density at radius 1 is 1.38 bits per heavy atom. The highest BCUT2D eigenvalue weighted by molar-refractivity contribution is 6.14. The lowest BCUT2D eigenvalue weighted by molar-refractivity contribution is -0.137. The van der Waals surface area contributed by atoms with Crippen LogP contribution >= 0.6 is 0 Å². The first kappa shape index (κ1) is 17.6. The lowest BCUT2D eigenvalue weighted by atomic mass is 9.62. The van der Waals surface area contributed by atoms with Crippen LogP contribution in [0.2, 0.25) is 0 Å². The number of pyridine rings is 1. The summed E-state index contributed by atoms with van der Waals surface area (Å²) in [5.74, 6) is 0.794. The van der Waals surface area contributed by atoms with Gasteiger partial charge in [-0.25, -0.2) is 4.98 Å². The Morgan fingerprint density at radius 3 is 2.58 bits per heavy atom. The minimum atomic E-state index is -4.38. The van der Waals surface area contributed by atoms with Gasteiger partial charge in [0, 0.05) is 17.8 Å². The Hall–Kier alpha value is -1.24. The van der Waals surface area contributed by atoms with E-state index in [1.165, 1.54) is 6.07 Å². The third-order valence-corrected chi connectivity index (χ3v) is 6.01. The van der Waals surface area contributed by atoms with Gasteiger partial charge in [-0.05, 0) is 42.6 Å². The SMILES string of the molecule is BC(O)(CCC)C1CC12CC(Oc1ccc(C(F)(F)F)cn1)C2C. The minimum Gasteiger partial charge on any atom is -0.474 e. The Kier molecular flexibility index (Phi) is 4.14. The van der Waals surface area contributed by atoms with Gasteiger partial charge in [0.25, 0.3) is 0 Å². The Bertz CT molecular complexity index is 605. The molecular formula is C17H23BF3NO2. The molecule has 1 spiro atoms. The second kappa shape index (κ2) is 5.65. The van der Waals surface area contributed by atoms with E-state index < -0.39 is 17.2 Å². The Morgan fingerprint density at radius 2 is 2.08 bits per heavy atom. The fourth-order valence-corrected chi connectivity index (χ4v) is 4.43. The normalized spacial score (nSPS) is 34.5. The molecule has 2 aliphatic rings. The molecule has 1 aromatic rings. The molecule has 5 atom stereocenters. The average molecular weight is 341 g/mol. The van der Waals surface area contributed by atoms with Crippen molar-refractivity contribution in [3.63, 3.8) is 0 Å². The molecule has 3 nitrogen and oxygen atoms in total. The van der Waals surface area contributed by atoms with Crippen LogP contribution in [0.15, 0.2) is 18.3 Å². The lowest BCUT2D eigenvalue weighted by Gasteiger charge is -2.45. The van der Waals surface area contributed by atoms with Crippen molar-refractivity contribution >= 4 is 7.85 Å². The van der Waals surface area contributed by atoms with Gasteiger partial charge < -0.3 is 9.84 Å². The van der Waals surface area contributed by atoms with E-state index in [1.54, 1.807) is 0 Å². The van der Waals surface area contributed by atoms with E-state index in [1.807, 2.05) is 7.85 Å². The van der Waals surface area contributed by atoms with E-state index >= 15 is 0 Å². The van der Waals surface area contributed by atoms with Crippen LogP contribution in [-0.2, 0) is 6.18 Å². The van der Waals surface area contributed by atoms with Crippen LogP contribution in [0.3, 0.4) is 0 Å². The zero-order valence-corrected chi connectivity index (χ0v) is 14.2. The van der Waals surface area contributed by atoms with E-state index in [2.05, 4.69) is 18.8 Å². The zero-order valence-electron chi connectivity index (χ0n) is 14.2. The predicted molar refractivity (Wildman–Crippen MR) is 86.4 cm³/mol. The van der Waals surface area contributed by atoms with E-state index in [9.17, 15) is 18.3 Å². The maximum Gasteiger partial charge on any atom is 0.417 e. The first-order chi connectivity index (χ1) is 11.1. The largest absolute Gasteiger partial charge is 0.474 e. The molecule has 24 heavy (non-hydrogen) atoms. The maximum atomic E-state index is 12.5. The Labute approximate surface area is 141 Å². The number of rotatable bonds is 5. The summed E-state index contributed by atoms with van der Waals surface area (Å²) >= 11 is 0. The maximum absolute atomic E-state index is 12.5. The highest BCUT2D eigenvalue weighted by atomic mass is 19.4. The van der Waals surface area contributed by atoms with Crippen molar-refractivity contribution in [1.82, 2.24) is 4.98 Å². The molecule has 1 aromatic heterocycles. The van der Waals surface area contributed by atoms with Gasteiger partial charge in [-0.15, -0.1) is 0 Å². The van der Waals surface area contributed by atoms with Crippen molar-refractivity contribution in [2.24, 2.45) is 17.3 Å².